The second kappa shape index (κ2) is 16.3. The molecule has 3 heterocycles. The second-order valence-corrected chi connectivity index (χ2v) is 16.0. The molecule has 0 bridgehead atoms. The molecule has 2 aromatic heterocycles. The Morgan fingerprint density at radius 2 is 1.37 bits per heavy atom. The van der Waals surface area contributed by atoms with Crippen molar-refractivity contribution in [3.8, 4) is 22.5 Å². The van der Waals surface area contributed by atoms with Gasteiger partial charge >= 0.3 is 0 Å². The number of imidazole rings is 1. The van der Waals surface area contributed by atoms with E-state index < -0.39 is 12.1 Å². The quantitative estimate of drug-likeness (QED) is 0.116. The van der Waals surface area contributed by atoms with Crippen LogP contribution in [0.3, 0.4) is 0 Å². The highest BCUT2D eigenvalue weighted by atomic mass is 16.2. The smallest absolute Gasteiger partial charge is 0.247 e. The molecule has 10 heteroatoms. The largest absolute Gasteiger partial charge is 0.355 e. The molecule has 8 rings (SSSR count). The Balaban J connectivity index is 0.935. The number of likely N-dealkylation sites (N-methyl/N-ethyl adjacent to an activating group) is 2. The summed E-state index contributed by atoms with van der Waals surface area (Å²) >= 11 is 0. The second-order valence-electron chi connectivity index (χ2n) is 16.0. The van der Waals surface area contributed by atoms with E-state index in [0.717, 1.165) is 76.1 Å². The molecule has 1 aliphatic heterocycles. The number of H-pyrrole nitrogens is 2. The average Bonchev–Trinajstić information content (AvgIpc) is 4.05. The van der Waals surface area contributed by atoms with Crippen LogP contribution in [0.1, 0.15) is 67.1 Å². The zero-order chi connectivity index (χ0) is 39.6. The van der Waals surface area contributed by atoms with Crippen molar-refractivity contribution in [3.05, 3.63) is 132 Å². The molecule has 5 atom stereocenters. The first-order valence-electron chi connectivity index (χ1n) is 20.0. The molecule has 1 saturated carbocycles. The molecule has 2 aliphatic rings. The highest BCUT2D eigenvalue weighted by molar-refractivity contribution is 6.00. The standard InChI is InChI=1S/C47H51N7O3/c1-52(2)42(32-13-7-5-8-14-32)44(55)36-17-11-18-37(36)45-48-29-40(51-45)31-22-20-30(21-23-31)39-28-34-27-35(24-25-38(34)50-39)49-46(56)41-19-12-26-54(41)47(57)43(53(3)4)33-15-9-6-10-16-33/h5-10,13-16,20-25,27-29,36-37,41-43,50H,11-12,17-19,26H2,1-4H3,(H,48,51)(H,49,56)/t36?,37-,41+,42+,43+/m1/s1. The summed E-state index contributed by atoms with van der Waals surface area (Å²) < 4.78 is 0. The molecule has 57 heavy (non-hydrogen) atoms. The lowest BCUT2D eigenvalue weighted by molar-refractivity contribution is -0.140. The molecule has 6 aromatic rings. The summed E-state index contributed by atoms with van der Waals surface area (Å²) in [6.45, 7) is 0.559. The number of nitrogens with zero attached hydrogens (tertiary/aromatic N) is 4. The Morgan fingerprint density at radius 1 is 0.719 bits per heavy atom. The first-order valence-corrected chi connectivity index (χ1v) is 20.0. The first-order chi connectivity index (χ1) is 27.7. The van der Waals surface area contributed by atoms with Crippen LogP contribution in [0.2, 0.25) is 0 Å². The third-order valence-corrected chi connectivity index (χ3v) is 11.8. The summed E-state index contributed by atoms with van der Waals surface area (Å²) in [5, 5.41) is 4.08. The Kier molecular flexibility index (Phi) is 10.9. The van der Waals surface area contributed by atoms with Crippen LogP contribution in [0.25, 0.3) is 33.4 Å². The van der Waals surface area contributed by atoms with Gasteiger partial charge in [-0.3, -0.25) is 24.2 Å². The molecule has 2 amide bonds. The number of hydrogen-bond donors (Lipinski definition) is 3. The monoisotopic (exact) mass is 761 g/mol. The van der Waals surface area contributed by atoms with Gasteiger partial charge in [-0.1, -0.05) is 91.3 Å². The number of benzene rings is 4. The molecule has 1 aliphatic carbocycles. The van der Waals surface area contributed by atoms with Crippen molar-refractivity contribution in [1.29, 1.82) is 0 Å². The Hall–Kier alpha value is -5.84. The van der Waals surface area contributed by atoms with Gasteiger partial charge in [0.15, 0.2) is 5.78 Å². The van der Waals surface area contributed by atoms with E-state index in [4.69, 9.17) is 4.98 Å². The summed E-state index contributed by atoms with van der Waals surface area (Å²) in [4.78, 5) is 59.1. The van der Waals surface area contributed by atoms with Crippen molar-refractivity contribution >= 4 is 34.2 Å². The first kappa shape index (κ1) is 38.1. The maximum Gasteiger partial charge on any atom is 0.247 e. The van der Waals surface area contributed by atoms with Gasteiger partial charge in [0.1, 0.15) is 17.9 Å². The van der Waals surface area contributed by atoms with Crippen molar-refractivity contribution in [2.45, 2.75) is 56.1 Å². The van der Waals surface area contributed by atoms with E-state index in [9.17, 15) is 14.4 Å². The van der Waals surface area contributed by atoms with E-state index in [0.29, 0.717) is 18.7 Å². The summed E-state index contributed by atoms with van der Waals surface area (Å²) in [6, 6.07) is 34.8. The lowest BCUT2D eigenvalue weighted by Crippen LogP contribution is -2.47. The van der Waals surface area contributed by atoms with Crippen molar-refractivity contribution in [1.82, 2.24) is 29.7 Å². The number of likely N-dealkylation sites (tertiary alicyclic amines) is 1. The lowest BCUT2D eigenvalue weighted by Gasteiger charge is -2.31. The highest BCUT2D eigenvalue weighted by Crippen LogP contribution is 2.42. The zero-order valence-electron chi connectivity index (χ0n) is 33.1. The molecule has 0 radical (unpaired) electrons. The number of carbonyl (C=O) groups excluding carboxylic acids is 3. The number of aromatic nitrogens is 3. The summed E-state index contributed by atoms with van der Waals surface area (Å²) in [5.41, 5.74) is 7.55. The third-order valence-electron chi connectivity index (χ3n) is 11.8. The van der Waals surface area contributed by atoms with E-state index in [-0.39, 0.29) is 35.5 Å². The number of nitrogens with one attached hydrogen (secondary N) is 3. The molecule has 292 valence electrons. The van der Waals surface area contributed by atoms with E-state index in [1.807, 2.05) is 123 Å². The van der Waals surface area contributed by atoms with Crippen LogP contribution < -0.4 is 5.32 Å². The molecular weight excluding hydrogens is 711 g/mol. The molecule has 1 saturated heterocycles. The van der Waals surface area contributed by atoms with Gasteiger partial charge in [0.25, 0.3) is 0 Å². The minimum atomic E-state index is -0.525. The summed E-state index contributed by atoms with van der Waals surface area (Å²) in [5.74, 6) is 0.892. The van der Waals surface area contributed by atoms with Crippen molar-refractivity contribution < 1.29 is 14.4 Å². The Morgan fingerprint density at radius 3 is 2.04 bits per heavy atom. The van der Waals surface area contributed by atoms with Crippen LogP contribution in [0, 0.1) is 5.92 Å². The lowest BCUT2D eigenvalue weighted by atomic mass is 9.85. The number of anilines is 1. The average molecular weight is 762 g/mol. The molecule has 10 nitrogen and oxygen atoms in total. The fourth-order valence-electron chi connectivity index (χ4n) is 9.03. The summed E-state index contributed by atoms with van der Waals surface area (Å²) in [6.07, 6.45) is 6.11. The minimum absolute atomic E-state index is 0.0552. The SMILES string of the molecule is CN(C)[C@H](C(=O)C1CCC[C@H]1c1ncc(-c2ccc(-c3cc4cc(NC(=O)[C@@H]5CCCN5C(=O)[C@H](c5ccccc5)N(C)C)ccc4[nH]3)cc2)[nH]1)c1ccccc1. The van der Waals surface area contributed by atoms with Crippen molar-refractivity contribution in [2.75, 3.05) is 40.1 Å². The van der Waals surface area contributed by atoms with Gasteiger partial charge in [-0.25, -0.2) is 4.98 Å². The fourth-order valence-corrected chi connectivity index (χ4v) is 9.03. The van der Waals surface area contributed by atoms with Crippen molar-refractivity contribution in [2.24, 2.45) is 5.92 Å². The Bertz CT molecular complexity index is 2350. The Labute approximate surface area is 334 Å². The molecule has 3 N–H and O–H groups in total. The van der Waals surface area contributed by atoms with E-state index in [1.54, 1.807) is 4.90 Å². The van der Waals surface area contributed by atoms with Crippen LogP contribution in [-0.4, -0.2) is 88.0 Å². The molecule has 0 spiro atoms. The molecule has 1 unspecified atom stereocenters. The number of amides is 2. The van der Waals surface area contributed by atoms with Crippen LogP contribution in [0.4, 0.5) is 5.69 Å². The molecule has 2 fully saturated rings. The van der Waals surface area contributed by atoms with E-state index in [2.05, 4.69) is 45.6 Å². The van der Waals surface area contributed by atoms with E-state index in [1.165, 1.54) is 0 Å². The van der Waals surface area contributed by atoms with Gasteiger partial charge in [0, 0.05) is 40.7 Å². The van der Waals surface area contributed by atoms with Crippen LogP contribution in [0.5, 0.6) is 0 Å². The maximum absolute atomic E-state index is 14.0. The van der Waals surface area contributed by atoms with Crippen molar-refractivity contribution in [3.63, 3.8) is 0 Å². The van der Waals surface area contributed by atoms with E-state index >= 15 is 0 Å². The molecule has 4 aromatic carbocycles. The fraction of sp³-hybridized carbons (Fsp3) is 0.319. The number of ketones is 1. The number of aromatic amines is 2. The van der Waals surface area contributed by atoms with Gasteiger partial charge in [0.05, 0.1) is 17.9 Å². The molecular formula is C47H51N7O3. The van der Waals surface area contributed by atoms with Gasteiger partial charge in [-0.2, -0.15) is 0 Å². The van der Waals surface area contributed by atoms with Gasteiger partial charge < -0.3 is 20.2 Å². The predicted octanol–water partition coefficient (Wildman–Crippen LogP) is 8.21. The minimum Gasteiger partial charge on any atom is -0.355 e. The highest BCUT2D eigenvalue weighted by Gasteiger charge is 2.40. The van der Waals surface area contributed by atoms with Gasteiger partial charge in [0.2, 0.25) is 11.8 Å². The van der Waals surface area contributed by atoms with Gasteiger partial charge in [-0.15, -0.1) is 0 Å². The van der Waals surface area contributed by atoms with Crippen LogP contribution in [0.15, 0.2) is 115 Å². The van der Waals surface area contributed by atoms with Crippen LogP contribution in [-0.2, 0) is 14.4 Å². The number of hydrogen-bond acceptors (Lipinski definition) is 6. The zero-order valence-corrected chi connectivity index (χ0v) is 33.1. The number of rotatable bonds is 12. The normalized spacial score (nSPS) is 19.3. The number of carbonyl (C=O) groups is 3. The topological polar surface area (TPSA) is 117 Å². The number of Topliss-reactive ketones (excluding diaryl/α,β-unsaturated/α-hetero) is 1. The predicted molar refractivity (Wildman–Crippen MR) is 226 cm³/mol. The van der Waals surface area contributed by atoms with Gasteiger partial charge in [-0.05, 0) is 100 Å². The van der Waals surface area contributed by atoms with Crippen LogP contribution >= 0.6 is 0 Å². The number of fused-ring (bicyclic) bond motifs is 1. The maximum atomic E-state index is 14.0. The third kappa shape index (κ3) is 7.80. The summed E-state index contributed by atoms with van der Waals surface area (Å²) in [7, 11) is 7.75.